The lowest BCUT2D eigenvalue weighted by molar-refractivity contribution is -0.119. The summed E-state index contributed by atoms with van der Waals surface area (Å²) >= 11 is 0. The van der Waals surface area contributed by atoms with Gasteiger partial charge in [0.2, 0.25) is 5.91 Å². The number of amides is 3. The Morgan fingerprint density at radius 2 is 1.93 bits per heavy atom. The molecule has 8 nitrogen and oxygen atoms in total. The van der Waals surface area contributed by atoms with Crippen molar-refractivity contribution in [3.63, 3.8) is 0 Å². The number of hydrazone groups is 1. The van der Waals surface area contributed by atoms with Crippen LogP contribution in [0.2, 0.25) is 0 Å². The van der Waals surface area contributed by atoms with Crippen molar-refractivity contribution in [2.45, 2.75) is 46.1 Å². The van der Waals surface area contributed by atoms with Gasteiger partial charge in [0, 0.05) is 25.4 Å². The smallest absolute Gasteiger partial charge is 0.407 e. The van der Waals surface area contributed by atoms with Crippen molar-refractivity contribution in [1.82, 2.24) is 10.6 Å². The highest BCUT2D eigenvalue weighted by Gasteiger charge is 2.26. The molecule has 8 heteroatoms. The average Bonchev–Trinajstić information content (AvgIpc) is 2.66. The number of anilines is 1. The van der Waals surface area contributed by atoms with E-state index >= 15 is 0 Å². The first kappa shape index (κ1) is 21.4. The minimum absolute atomic E-state index is 0.149. The van der Waals surface area contributed by atoms with Crippen LogP contribution in [0.3, 0.4) is 0 Å². The third kappa shape index (κ3) is 6.37. The van der Waals surface area contributed by atoms with Crippen molar-refractivity contribution in [3.8, 4) is 0 Å². The van der Waals surface area contributed by atoms with Crippen LogP contribution >= 0.6 is 0 Å². The minimum Gasteiger partial charge on any atom is -0.450 e. The number of ether oxygens (including phenoxy) is 1. The summed E-state index contributed by atoms with van der Waals surface area (Å²) in [5.41, 5.74) is 0.919. The molecule has 0 unspecified atom stereocenters. The highest BCUT2D eigenvalue weighted by Crippen LogP contribution is 2.19. The minimum atomic E-state index is -0.502. The van der Waals surface area contributed by atoms with E-state index in [0.717, 1.165) is 0 Å². The molecule has 3 amide bonds. The molecule has 28 heavy (non-hydrogen) atoms. The number of nitrogens with zero attached hydrogens (tertiary/aromatic N) is 2. The summed E-state index contributed by atoms with van der Waals surface area (Å²) in [6.45, 7) is 6.35. The second kappa shape index (κ2) is 10.4. The Balaban J connectivity index is 2.01. The Labute approximate surface area is 165 Å². The van der Waals surface area contributed by atoms with Gasteiger partial charge in [-0.05, 0) is 31.4 Å². The van der Waals surface area contributed by atoms with E-state index in [-0.39, 0.29) is 43.8 Å². The summed E-state index contributed by atoms with van der Waals surface area (Å²) in [7, 11) is 0. The van der Waals surface area contributed by atoms with Crippen LogP contribution in [-0.4, -0.2) is 42.8 Å². The van der Waals surface area contributed by atoms with Crippen molar-refractivity contribution < 1.29 is 19.1 Å². The highest BCUT2D eigenvalue weighted by molar-refractivity contribution is 6.40. The maximum absolute atomic E-state index is 12.6. The van der Waals surface area contributed by atoms with Crippen LogP contribution in [-0.2, 0) is 14.3 Å². The van der Waals surface area contributed by atoms with E-state index in [1.807, 2.05) is 32.0 Å². The zero-order chi connectivity index (χ0) is 20.5. The molecule has 0 aromatic heterocycles. The molecule has 1 aromatic rings. The first-order valence-electron chi connectivity index (χ1n) is 9.57. The van der Waals surface area contributed by atoms with Crippen LogP contribution in [0.1, 0.15) is 40.0 Å². The number of benzene rings is 1. The molecule has 1 heterocycles. The second-order valence-electron chi connectivity index (χ2n) is 6.99. The summed E-state index contributed by atoms with van der Waals surface area (Å²) in [4.78, 5) is 36.4. The lowest BCUT2D eigenvalue weighted by Crippen LogP contribution is -2.47. The average molecular weight is 388 g/mol. The van der Waals surface area contributed by atoms with Gasteiger partial charge in [0.25, 0.3) is 5.91 Å². The van der Waals surface area contributed by atoms with E-state index in [9.17, 15) is 14.4 Å². The van der Waals surface area contributed by atoms with Crippen LogP contribution in [0, 0.1) is 5.92 Å². The van der Waals surface area contributed by atoms with Crippen molar-refractivity contribution in [1.29, 1.82) is 0 Å². The topological polar surface area (TPSA) is 100 Å². The van der Waals surface area contributed by atoms with Crippen molar-refractivity contribution in [2.75, 3.05) is 18.2 Å². The lowest BCUT2D eigenvalue weighted by Gasteiger charge is -2.24. The molecule has 0 bridgehead atoms. The Bertz CT molecular complexity index is 718. The SMILES string of the molecule is CCOC(=O)N[C@H](CNC(=O)C1=NN(c2ccccc2)C(=O)CC1)CC(C)C. The fraction of sp³-hybridized carbons (Fsp3) is 0.500. The zero-order valence-corrected chi connectivity index (χ0v) is 16.6. The normalized spacial score (nSPS) is 15.1. The molecule has 0 aliphatic carbocycles. The van der Waals surface area contributed by atoms with Gasteiger partial charge in [-0.25, -0.2) is 9.80 Å². The molecule has 2 N–H and O–H groups in total. The quantitative estimate of drug-likeness (QED) is 0.714. The highest BCUT2D eigenvalue weighted by atomic mass is 16.5. The second-order valence-corrected chi connectivity index (χ2v) is 6.99. The molecule has 152 valence electrons. The summed E-state index contributed by atoms with van der Waals surface area (Å²) in [5, 5.41) is 11.1. The van der Waals surface area contributed by atoms with Gasteiger partial charge >= 0.3 is 6.09 Å². The molecule has 1 atom stereocenters. The Morgan fingerprint density at radius 1 is 1.21 bits per heavy atom. The van der Waals surface area contributed by atoms with Crippen LogP contribution in [0.25, 0.3) is 0 Å². The Morgan fingerprint density at radius 3 is 2.57 bits per heavy atom. The maximum Gasteiger partial charge on any atom is 0.407 e. The number of hydrogen-bond donors (Lipinski definition) is 2. The molecule has 0 spiro atoms. The Kier molecular flexibility index (Phi) is 7.98. The fourth-order valence-electron chi connectivity index (χ4n) is 2.91. The van der Waals surface area contributed by atoms with Crippen molar-refractivity contribution in [3.05, 3.63) is 30.3 Å². The van der Waals surface area contributed by atoms with Crippen LogP contribution in [0.5, 0.6) is 0 Å². The molecule has 0 saturated heterocycles. The van der Waals surface area contributed by atoms with Gasteiger partial charge in [-0.1, -0.05) is 32.0 Å². The standard InChI is InChI=1S/C20H28N4O4/c1-4-28-20(27)22-15(12-14(2)3)13-21-19(26)17-10-11-18(25)24(23-17)16-8-6-5-7-9-16/h5-9,14-15H,4,10-13H2,1-3H3,(H,21,26)(H,22,27)/t15-/m0/s1. The first-order valence-corrected chi connectivity index (χ1v) is 9.57. The van der Waals surface area contributed by atoms with Crippen molar-refractivity contribution in [2.24, 2.45) is 11.0 Å². The predicted octanol–water partition coefficient (Wildman–Crippen LogP) is 2.45. The number of hydrogen-bond acceptors (Lipinski definition) is 5. The van der Waals surface area contributed by atoms with Gasteiger partial charge in [0.05, 0.1) is 12.3 Å². The molecule has 1 aliphatic rings. The van der Waals surface area contributed by atoms with Crippen LogP contribution in [0.4, 0.5) is 10.5 Å². The summed E-state index contributed by atoms with van der Waals surface area (Å²) in [5.74, 6) is -0.153. The largest absolute Gasteiger partial charge is 0.450 e. The van der Waals surface area contributed by atoms with E-state index < -0.39 is 6.09 Å². The fourth-order valence-corrected chi connectivity index (χ4v) is 2.91. The van der Waals surface area contributed by atoms with E-state index in [1.54, 1.807) is 19.1 Å². The lowest BCUT2D eigenvalue weighted by atomic mass is 10.0. The summed E-state index contributed by atoms with van der Waals surface area (Å²) in [6, 6.07) is 8.75. The number of carbonyl (C=O) groups excluding carboxylic acids is 3. The van der Waals surface area contributed by atoms with Gasteiger partial charge in [-0.2, -0.15) is 5.10 Å². The monoisotopic (exact) mass is 388 g/mol. The van der Waals surface area contributed by atoms with Crippen LogP contribution < -0.4 is 15.6 Å². The molecule has 2 rings (SSSR count). The molecular weight excluding hydrogens is 360 g/mol. The molecule has 0 radical (unpaired) electrons. The first-order chi connectivity index (χ1) is 13.4. The Hall–Kier alpha value is -2.90. The van der Waals surface area contributed by atoms with Gasteiger partial charge < -0.3 is 15.4 Å². The maximum atomic E-state index is 12.6. The van der Waals surface area contributed by atoms with E-state index in [2.05, 4.69) is 15.7 Å². The number of nitrogens with one attached hydrogen (secondary N) is 2. The molecule has 0 fully saturated rings. The summed E-state index contributed by atoms with van der Waals surface area (Å²) in [6.07, 6.45) is 0.699. The van der Waals surface area contributed by atoms with Crippen LogP contribution in [0.15, 0.2) is 35.4 Å². The van der Waals surface area contributed by atoms with Gasteiger partial charge in [-0.3, -0.25) is 9.59 Å². The van der Waals surface area contributed by atoms with E-state index in [1.165, 1.54) is 5.01 Å². The number of para-hydroxylation sites is 1. The van der Waals surface area contributed by atoms with E-state index in [0.29, 0.717) is 23.7 Å². The predicted molar refractivity (Wildman–Crippen MR) is 107 cm³/mol. The van der Waals surface area contributed by atoms with Crippen molar-refractivity contribution >= 4 is 29.3 Å². The third-order valence-corrected chi connectivity index (χ3v) is 4.16. The van der Waals surface area contributed by atoms with Gasteiger partial charge in [0.1, 0.15) is 5.71 Å². The number of rotatable bonds is 8. The molecular formula is C20H28N4O4. The zero-order valence-electron chi connectivity index (χ0n) is 16.6. The van der Waals surface area contributed by atoms with E-state index in [4.69, 9.17) is 4.74 Å². The number of carbonyl (C=O) groups is 3. The molecule has 1 aliphatic heterocycles. The molecule has 0 saturated carbocycles. The molecule has 1 aromatic carbocycles. The third-order valence-electron chi connectivity index (χ3n) is 4.16. The van der Waals surface area contributed by atoms with Gasteiger partial charge in [-0.15, -0.1) is 0 Å². The number of alkyl carbamates (subject to hydrolysis) is 1. The summed E-state index contributed by atoms with van der Waals surface area (Å²) < 4.78 is 4.92. The van der Waals surface area contributed by atoms with Gasteiger partial charge in [0.15, 0.2) is 0 Å².